The normalized spacial score (nSPS) is 12.0. The number of nitrogens with zero attached hydrogens (tertiary/aromatic N) is 3. The molecule has 0 aliphatic carbocycles. The number of para-hydroxylation sites is 1. The summed E-state index contributed by atoms with van der Waals surface area (Å²) in [4.78, 5) is 15.0. The Labute approximate surface area is 315 Å². The number of furan rings is 1. The molecule has 0 aliphatic heterocycles. The number of hydrogen-bond donors (Lipinski definition) is 0. The Balaban J connectivity index is 1.12. The van der Waals surface area contributed by atoms with Gasteiger partial charge in [-0.25, -0.2) is 15.0 Å². The Bertz CT molecular complexity index is 3450. The van der Waals surface area contributed by atoms with E-state index in [1.165, 1.54) is 64.6 Å². The van der Waals surface area contributed by atoms with Gasteiger partial charge in [-0.3, -0.25) is 0 Å². The molecule has 0 N–H and O–H groups in total. The summed E-state index contributed by atoms with van der Waals surface area (Å²) in [5.74, 6) is 2.29. The molecule has 0 saturated carbocycles. The van der Waals surface area contributed by atoms with Crippen molar-refractivity contribution in [3.63, 3.8) is 0 Å². The minimum absolute atomic E-state index is 0.498. The predicted molar refractivity (Wildman–Crippen MR) is 228 cm³/mol. The average molecular weight is 700 g/mol. The van der Waals surface area contributed by atoms with E-state index in [0.717, 1.165) is 33.2 Å². The van der Waals surface area contributed by atoms with Crippen molar-refractivity contribution in [2.75, 3.05) is 0 Å². The van der Waals surface area contributed by atoms with Crippen molar-refractivity contribution in [1.82, 2.24) is 15.0 Å². The molecule has 0 fully saturated rings. The summed E-state index contributed by atoms with van der Waals surface area (Å²) in [5.41, 5.74) is 4.83. The Hall–Kier alpha value is -7.43. The molecule has 0 radical (unpaired) electrons. The van der Waals surface area contributed by atoms with Crippen LogP contribution in [-0.2, 0) is 0 Å². The zero-order valence-corrected chi connectivity index (χ0v) is 29.5. The first-order chi connectivity index (χ1) is 27.2. The van der Waals surface area contributed by atoms with Crippen molar-refractivity contribution >= 4 is 75.6 Å². The molecule has 2 heterocycles. The van der Waals surface area contributed by atoms with Crippen molar-refractivity contribution in [2.24, 2.45) is 0 Å². The zero-order chi connectivity index (χ0) is 36.0. The van der Waals surface area contributed by atoms with E-state index in [0.29, 0.717) is 23.2 Å². The fourth-order valence-electron chi connectivity index (χ4n) is 8.71. The molecule has 10 aromatic carbocycles. The highest BCUT2D eigenvalue weighted by atomic mass is 16.3. The molecule has 12 aromatic rings. The Morgan fingerprint density at radius 2 is 0.800 bits per heavy atom. The summed E-state index contributed by atoms with van der Waals surface area (Å²) < 4.78 is 6.26. The van der Waals surface area contributed by atoms with E-state index in [9.17, 15) is 0 Å². The maximum atomic E-state index is 6.26. The van der Waals surface area contributed by atoms with E-state index in [2.05, 4.69) is 115 Å². The molecule has 12 rings (SSSR count). The maximum absolute atomic E-state index is 6.26. The third-order valence-corrected chi connectivity index (χ3v) is 11.2. The minimum Gasteiger partial charge on any atom is -0.453 e. The van der Waals surface area contributed by atoms with Crippen LogP contribution in [0.2, 0.25) is 0 Å². The maximum Gasteiger partial charge on any atom is 0.199 e. The minimum atomic E-state index is 0.498. The topological polar surface area (TPSA) is 51.8 Å². The van der Waals surface area contributed by atoms with Crippen LogP contribution in [0.4, 0.5) is 0 Å². The van der Waals surface area contributed by atoms with Crippen molar-refractivity contribution in [1.29, 1.82) is 0 Å². The fourth-order valence-corrected chi connectivity index (χ4v) is 8.71. The standard InChI is InChI=1S/C51H29N3O/c1-2-10-33(11-3-1)49-52-50(54-51(53-49)44-29-35-12-4-5-21-43(35)55-44)37-17-6-16-34(26-37)38-27-36-25-24-32-14-8-19-40-39-18-7-13-30-22-23-31-15-9-20-41(47(31)45(30)39)42(28-38)48(36)46(32)40/h1-29H. The van der Waals surface area contributed by atoms with Gasteiger partial charge in [-0.1, -0.05) is 146 Å². The van der Waals surface area contributed by atoms with Gasteiger partial charge >= 0.3 is 0 Å². The zero-order valence-electron chi connectivity index (χ0n) is 29.5. The van der Waals surface area contributed by atoms with Crippen LogP contribution in [0.3, 0.4) is 0 Å². The van der Waals surface area contributed by atoms with E-state index in [4.69, 9.17) is 19.4 Å². The van der Waals surface area contributed by atoms with Gasteiger partial charge in [-0.15, -0.1) is 0 Å². The van der Waals surface area contributed by atoms with Crippen LogP contribution in [0.5, 0.6) is 0 Å². The summed E-state index contributed by atoms with van der Waals surface area (Å²) in [7, 11) is 0. The van der Waals surface area contributed by atoms with Crippen LogP contribution in [0.1, 0.15) is 0 Å². The van der Waals surface area contributed by atoms with Crippen LogP contribution in [0.25, 0.3) is 121 Å². The van der Waals surface area contributed by atoms with Gasteiger partial charge in [-0.2, -0.15) is 0 Å². The number of rotatable bonds is 4. The summed E-state index contributed by atoms with van der Waals surface area (Å²) in [6.07, 6.45) is 0. The molecule has 4 nitrogen and oxygen atoms in total. The number of fused-ring (bicyclic) bond motifs is 3. The summed E-state index contributed by atoms with van der Waals surface area (Å²) in [6, 6.07) is 62.6. The lowest BCUT2D eigenvalue weighted by Crippen LogP contribution is -1.99. The lowest BCUT2D eigenvalue weighted by atomic mass is 9.86. The van der Waals surface area contributed by atoms with E-state index < -0.39 is 0 Å². The first-order valence-electron chi connectivity index (χ1n) is 18.6. The summed E-state index contributed by atoms with van der Waals surface area (Å²) >= 11 is 0. The molecule has 0 unspecified atom stereocenters. The second-order valence-electron chi connectivity index (χ2n) is 14.4. The largest absolute Gasteiger partial charge is 0.453 e. The van der Waals surface area contributed by atoms with Crippen molar-refractivity contribution in [3.8, 4) is 45.5 Å². The van der Waals surface area contributed by atoms with Crippen LogP contribution >= 0.6 is 0 Å². The average Bonchev–Trinajstić information content (AvgIpc) is 3.70. The van der Waals surface area contributed by atoms with Crippen LogP contribution < -0.4 is 0 Å². The van der Waals surface area contributed by atoms with Gasteiger partial charge in [0.05, 0.1) is 0 Å². The predicted octanol–water partition coefficient (Wildman–Crippen LogP) is 13.6. The summed E-state index contributed by atoms with van der Waals surface area (Å²) in [5, 5.41) is 16.2. The highest BCUT2D eigenvalue weighted by Gasteiger charge is 2.18. The van der Waals surface area contributed by atoms with Gasteiger partial charge in [0.25, 0.3) is 0 Å². The second kappa shape index (κ2) is 11.5. The monoisotopic (exact) mass is 699 g/mol. The molecule has 254 valence electrons. The van der Waals surface area contributed by atoms with Gasteiger partial charge in [0, 0.05) is 16.5 Å². The fraction of sp³-hybridized carbons (Fsp3) is 0. The molecule has 4 heteroatoms. The molecular formula is C51H29N3O. The molecule has 0 spiro atoms. The molecule has 0 aliphatic rings. The van der Waals surface area contributed by atoms with Crippen molar-refractivity contribution < 1.29 is 4.42 Å². The first kappa shape index (κ1) is 30.1. The second-order valence-corrected chi connectivity index (χ2v) is 14.4. The van der Waals surface area contributed by atoms with Gasteiger partial charge < -0.3 is 4.42 Å². The Kier molecular flexibility index (Phi) is 6.31. The molecule has 55 heavy (non-hydrogen) atoms. The van der Waals surface area contributed by atoms with Crippen LogP contribution in [0.15, 0.2) is 180 Å². The van der Waals surface area contributed by atoms with Gasteiger partial charge in [0.2, 0.25) is 0 Å². The molecule has 0 bridgehead atoms. The van der Waals surface area contributed by atoms with Gasteiger partial charge in [0.15, 0.2) is 23.2 Å². The lowest BCUT2D eigenvalue weighted by Gasteiger charge is -2.17. The Morgan fingerprint density at radius 3 is 1.49 bits per heavy atom. The summed E-state index contributed by atoms with van der Waals surface area (Å²) in [6.45, 7) is 0. The van der Waals surface area contributed by atoms with E-state index in [1.54, 1.807) is 0 Å². The SMILES string of the molecule is c1ccc(-c2nc(-c3cccc(-c4cc5ccc6cccc7c8cccc9ccc%10cccc(c(c4)c5c67)c%10c98)c3)nc(-c3cc4ccccc4o3)n2)cc1. The third kappa shape index (κ3) is 4.62. The van der Waals surface area contributed by atoms with Gasteiger partial charge in [0.1, 0.15) is 5.58 Å². The van der Waals surface area contributed by atoms with Crippen molar-refractivity contribution in [2.45, 2.75) is 0 Å². The smallest absolute Gasteiger partial charge is 0.199 e. The third-order valence-electron chi connectivity index (χ3n) is 11.2. The number of hydrogen-bond acceptors (Lipinski definition) is 4. The number of benzene rings is 9. The molecule has 0 amide bonds. The molecule has 0 saturated heterocycles. The van der Waals surface area contributed by atoms with E-state index in [-0.39, 0.29) is 0 Å². The van der Waals surface area contributed by atoms with Crippen molar-refractivity contribution in [3.05, 3.63) is 176 Å². The lowest BCUT2D eigenvalue weighted by molar-refractivity contribution is 0.625. The number of aromatic nitrogens is 3. The van der Waals surface area contributed by atoms with Crippen LogP contribution in [-0.4, -0.2) is 15.0 Å². The van der Waals surface area contributed by atoms with E-state index >= 15 is 0 Å². The quantitative estimate of drug-likeness (QED) is 0.172. The van der Waals surface area contributed by atoms with Gasteiger partial charge in [-0.05, 0) is 106 Å². The highest BCUT2D eigenvalue weighted by Crippen LogP contribution is 2.44. The highest BCUT2D eigenvalue weighted by molar-refractivity contribution is 6.37. The van der Waals surface area contributed by atoms with E-state index in [1.807, 2.05) is 60.7 Å². The molecule has 0 atom stereocenters. The molecular weight excluding hydrogens is 671 g/mol. The Morgan fingerprint density at radius 1 is 0.291 bits per heavy atom. The molecule has 2 aromatic heterocycles. The van der Waals surface area contributed by atoms with Crippen LogP contribution in [0, 0.1) is 0 Å². The first-order valence-corrected chi connectivity index (χ1v) is 18.6.